The highest BCUT2D eigenvalue weighted by atomic mass is 16.2. The van der Waals surface area contributed by atoms with Gasteiger partial charge in [0.1, 0.15) is 0 Å². The molecule has 0 aliphatic carbocycles. The summed E-state index contributed by atoms with van der Waals surface area (Å²) in [4.78, 5) is 19.9. The van der Waals surface area contributed by atoms with Gasteiger partial charge in [-0.3, -0.25) is 9.97 Å². The van der Waals surface area contributed by atoms with Crippen LogP contribution in [0, 0.1) is 20.8 Å². The van der Waals surface area contributed by atoms with E-state index in [4.69, 9.17) is 0 Å². The van der Waals surface area contributed by atoms with E-state index in [0.29, 0.717) is 13.1 Å². The maximum absolute atomic E-state index is 11.8. The lowest BCUT2D eigenvalue weighted by molar-refractivity contribution is 0.240. The first-order chi connectivity index (χ1) is 10.1. The zero-order valence-corrected chi connectivity index (χ0v) is 12.6. The number of urea groups is 1. The molecule has 0 spiro atoms. The Labute approximate surface area is 124 Å². The minimum Gasteiger partial charge on any atom is -0.334 e. The molecule has 2 rings (SSSR count). The van der Waals surface area contributed by atoms with Crippen molar-refractivity contribution >= 4 is 6.03 Å². The third-order valence-electron chi connectivity index (χ3n) is 3.31. The van der Waals surface area contributed by atoms with Crippen LogP contribution >= 0.6 is 0 Å². The molecule has 0 aliphatic rings. The van der Waals surface area contributed by atoms with Gasteiger partial charge in [-0.05, 0) is 37.5 Å². The van der Waals surface area contributed by atoms with Crippen molar-refractivity contribution in [2.24, 2.45) is 0 Å². The van der Waals surface area contributed by atoms with Crippen molar-refractivity contribution in [3.05, 3.63) is 58.7 Å². The highest BCUT2D eigenvalue weighted by molar-refractivity contribution is 5.73. The predicted molar refractivity (Wildman–Crippen MR) is 81.8 cm³/mol. The Morgan fingerprint density at radius 2 is 1.71 bits per heavy atom. The average molecular weight is 284 g/mol. The molecular weight excluding hydrogens is 264 g/mol. The molecule has 0 fully saturated rings. The number of nitrogens with zero attached hydrogens (tertiary/aromatic N) is 2. The van der Waals surface area contributed by atoms with Crippen molar-refractivity contribution in [1.82, 2.24) is 20.6 Å². The number of carbonyl (C=O) groups excluding carboxylic acids is 1. The molecule has 0 aliphatic heterocycles. The summed E-state index contributed by atoms with van der Waals surface area (Å²) in [6, 6.07) is 4.04. The SMILES string of the molecule is Cc1cc(C)c(CNC(=O)NCc2cnccn2)c(C)c1. The Hall–Kier alpha value is -2.43. The van der Waals surface area contributed by atoms with Crippen molar-refractivity contribution < 1.29 is 4.79 Å². The number of hydrogen-bond donors (Lipinski definition) is 2. The molecular formula is C16H20N4O. The minimum absolute atomic E-state index is 0.208. The molecule has 2 aromatic rings. The summed E-state index contributed by atoms with van der Waals surface area (Å²) in [5.74, 6) is 0. The predicted octanol–water partition coefficient (Wildman–Crippen LogP) is 2.40. The van der Waals surface area contributed by atoms with Crippen LogP contribution in [0.1, 0.15) is 27.9 Å². The normalized spacial score (nSPS) is 10.2. The molecule has 0 bridgehead atoms. The third kappa shape index (κ3) is 4.27. The maximum atomic E-state index is 11.8. The molecule has 21 heavy (non-hydrogen) atoms. The van der Waals surface area contributed by atoms with Crippen molar-refractivity contribution in [1.29, 1.82) is 0 Å². The van der Waals surface area contributed by atoms with Crippen LogP contribution in [0.25, 0.3) is 0 Å². The molecule has 0 saturated carbocycles. The fraction of sp³-hybridized carbons (Fsp3) is 0.312. The lowest BCUT2D eigenvalue weighted by Crippen LogP contribution is -2.35. The van der Waals surface area contributed by atoms with E-state index in [1.54, 1.807) is 18.6 Å². The van der Waals surface area contributed by atoms with Gasteiger partial charge in [0, 0.05) is 18.9 Å². The van der Waals surface area contributed by atoms with E-state index in [9.17, 15) is 4.79 Å². The number of nitrogens with one attached hydrogen (secondary N) is 2. The average Bonchev–Trinajstić information content (AvgIpc) is 2.45. The van der Waals surface area contributed by atoms with Crippen molar-refractivity contribution in [3.63, 3.8) is 0 Å². The summed E-state index contributed by atoms with van der Waals surface area (Å²) in [6.07, 6.45) is 4.84. The second kappa shape index (κ2) is 6.83. The Bertz CT molecular complexity index is 602. The largest absolute Gasteiger partial charge is 0.334 e. The van der Waals surface area contributed by atoms with Gasteiger partial charge in [0.2, 0.25) is 0 Å². The first-order valence-electron chi connectivity index (χ1n) is 6.89. The van der Waals surface area contributed by atoms with Gasteiger partial charge in [0.25, 0.3) is 0 Å². The first kappa shape index (κ1) is 15.0. The number of amides is 2. The van der Waals surface area contributed by atoms with Crippen LogP contribution < -0.4 is 10.6 Å². The molecule has 0 radical (unpaired) electrons. The highest BCUT2D eigenvalue weighted by Gasteiger charge is 2.06. The monoisotopic (exact) mass is 284 g/mol. The Kier molecular flexibility index (Phi) is 4.87. The Balaban J connectivity index is 1.87. The smallest absolute Gasteiger partial charge is 0.315 e. The van der Waals surface area contributed by atoms with E-state index in [-0.39, 0.29) is 6.03 Å². The summed E-state index contributed by atoms with van der Waals surface area (Å²) < 4.78 is 0. The van der Waals surface area contributed by atoms with Crippen LogP contribution in [-0.4, -0.2) is 16.0 Å². The second-order valence-electron chi connectivity index (χ2n) is 5.11. The molecule has 0 atom stereocenters. The number of rotatable bonds is 4. The van der Waals surface area contributed by atoms with Crippen LogP contribution in [0.5, 0.6) is 0 Å². The molecule has 2 amide bonds. The molecule has 5 nitrogen and oxygen atoms in total. The van der Waals surface area contributed by atoms with E-state index in [1.165, 1.54) is 16.7 Å². The lowest BCUT2D eigenvalue weighted by Gasteiger charge is -2.13. The number of hydrogen-bond acceptors (Lipinski definition) is 3. The molecule has 110 valence electrons. The van der Waals surface area contributed by atoms with Crippen molar-refractivity contribution in [2.75, 3.05) is 0 Å². The molecule has 0 unspecified atom stereocenters. The second-order valence-corrected chi connectivity index (χ2v) is 5.11. The number of aromatic nitrogens is 2. The quantitative estimate of drug-likeness (QED) is 0.906. The van der Waals surface area contributed by atoms with Gasteiger partial charge in [-0.15, -0.1) is 0 Å². The summed E-state index contributed by atoms with van der Waals surface area (Å²) in [5, 5.41) is 5.64. The van der Waals surface area contributed by atoms with Crippen LogP contribution in [0.3, 0.4) is 0 Å². The van der Waals surface area contributed by atoms with Gasteiger partial charge in [-0.2, -0.15) is 0 Å². The van der Waals surface area contributed by atoms with E-state index >= 15 is 0 Å². The van der Waals surface area contributed by atoms with Crippen LogP contribution in [0.2, 0.25) is 0 Å². The minimum atomic E-state index is -0.208. The summed E-state index contributed by atoms with van der Waals surface area (Å²) in [5.41, 5.74) is 5.52. The topological polar surface area (TPSA) is 66.9 Å². The Morgan fingerprint density at radius 1 is 1.05 bits per heavy atom. The van der Waals surface area contributed by atoms with Crippen LogP contribution in [-0.2, 0) is 13.1 Å². The third-order valence-corrected chi connectivity index (χ3v) is 3.31. The summed E-state index contributed by atoms with van der Waals surface area (Å²) in [6.45, 7) is 7.09. The van der Waals surface area contributed by atoms with Crippen LogP contribution in [0.4, 0.5) is 4.79 Å². The van der Waals surface area contributed by atoms with Crippen LogP contribution in [0.15, 0.2) is 30.7 Å². The fourth-order valence-corrected chi connectivity index (χ4v) is 2.31. The van der Waals surface area contributed by atoms with Crippen molar-refractivity contribution in [2.45, 2.75) is 33.9 Å². The standard InChI is InChI=1S/C16H20N4O/c1-11-6-12(2)15(13(3)7-11)10-20-16(21)19-9-14-8-17-4-5-18-14/h4-8H,9-10H2,1-3H3,(H2,19,20,21). The molecule has 1 aromatic heterocycles. The van der Waals surface area contributed by atoms with E-state index in [1.807, 2.05) is 0 Å². The first-order valence-corrected chi connectivity index (χ1v) is 6.89. The fourth-order valence-electron chi connectivity index (χ4n) is 2.31. The summed E-state index contributed by atoms with van der Waals surface area (Å²) in [7, 11) is 0. The van der Waals surface area contributed by atoms with Gasteiger partial charge in [-0.1, -0.05) is 17.7 Å². The number of benzene rings is 1. The van der Waals surface area contributed by atoms with E-state index in [0.717, 1.165) is 11.3 Å². The van der Waals surface area contributed by atoms with Gasteiger partial charge >= 0.3 is 6.03 Å². The molecule has 1 aromatic carbocycles. The lowest BCUT2D eigenvalue weighted by atomic mass is 10.00. The Morgan fingerprint density at radius 3 is 2.33 bits per heavy atom. The zero-order valence-electron chi connectivity index (χ0n) is 12.6. The van der Waals surface area contributed by atoms with E-state index < -0.39 is 0 Å². The molecule has 5 heteroatoms. The molecule has 1 heterocycles. The van der Waals surface area contributed by atoms with E-state index in [2.05, 4.69) is 53.5 Å². The number of aryl methyl sites for hydroxylation is 3. The maximum Gasteiger partial charge on any atom is 0.315 e. The van der Waals surface area contributed by atoms with Crippen molar-refractivity contribution in [3.8, 4) is 0 Å². The summed E-state index contributed by atoms with van der Waals surface area (Å²) >= 11 is 0. The molecule has 2 N–H and O–H groups in total. The molecule has 0 saturated heterocycles. The number of carbonyl (C=O) groups is 1. The highest BCUT2D eigenvalue weighted by Crippen LogP contribution is 2.15. The zero-order chi connectivity index (χ0) is 15.2. The van der Waals surface area contributed by atoms with Gasteiger partial charge in [0.15, 0.2) is 0 Å². The van der Waals surface area contributed by atoms with Gasteiger partial charge in [0.05, 0.1) is 18.4 Å². The van der Waals surface area contributed by atoms with Gasteiger partial charge < -0.3 is 10.6 Å². The van der Waals surface area contributed by atoms with Gasteiger partial charge in [-0.25, -0.2) is 4.79 Å².